The van der Waals surface area contributed by atoms with Crippen molar-refractivity contribution in [1.82, 2.24) is 4.90 Å². The number of nitriles is 1. The Morgan fingerprint density at radius 3 is 2.70 bits per heavy atom. The van der Waals surface area contributed by atoms with Gasteiger partial charge in [-0.15, -0.1) is 0 Å². The monoisotopic (exact) mass is 312 g/mol. The topological polar surface area (TPSA) is 53.3 Å². The van der Waals surface area contributed by atoms with Gasteiger partial charge in [-0.1, -0.05) is 24.3 Å². The molecule has 4 heteroatoms. The quantitative estimate of drug-likeness (QED) is 0.843. The Bertz CT molecular complexity index is 629. The normalized spacial score (nSPS) is 26.7. The molecule has 0 saturated carbocycles. The molecule has 23 heavy (non-hydrogen) atoms. The van der Waals surface area contributed by atoms with E-state index in [4.69, 9.17) is 4.74 Å². The highest BCUT2D eigenvalue weighted by Gasteiger charge is 2.46. The van der Waals surface area contributed by atoms with E-state index in [-0.39, 0.29) is 11.9 Å². The van der Waals surface area contributed by atoms with Gasteiger partial charge in [-0.05, 0) is 44.2 Å². The van der Waals surface area contributed by atoms with Crippen molar-refractivity contribution < 1.29 is 9.53 Å². The van der Waals surface area contributed by atoms with Gasteiger partial charge in [0.2, 0.25) is 5.91 Å². The molecule has 122 valence electrons. The molecule has 0 spiro atoms. The Morgan fingerprint density at radius 2 is 2.04 bits per heavy atom. The maximum atomic E-state index is 13.1. The standard InChI is InChI=1S/C19H24N2O2/c1-14-5-3-4-6-17(14)16-11-15(2)21(12-16)18(22)19(13-20)7-9-23-10-8-19/h3-6,15-16H,7-12H2,1-2H3. The van der Waals surface area contributed by atoms with Gasteiger partial charge in [0, 0.05) is 31.7 Å². The van der Waals surface area contributed by atoms with Crippen molar-refractivity contribution in [1.29, 1.82) is 5.26 Å². The molecular formula is C19H24N2O2. The molecule has 2 heterocycles. The molecule has 1 aromatic carbocycles. The van der Waals surface area contributed by atoms with E-state index in [1.54, 1.807) is 0 Å². The van der Waals surface area contributed by atoms with Crippen LogP contribution in [0.3, 0.4) is 0 Å². The van der Waals surface area contributed by atoms with Gasteiger partial charge in [-0.25, -0.2) is 0 Å². The lowest BCUT2D eigenvalue weighted by atomic mass is 9.80. The minimum absolute atomic E-state index is 0.00637. The first-order valence-corrected chi connectivity index (χ1v) is 8.43. The van der Waals surface area contributed by atoms with Crippen LogP contribution in [0, 0.1) is 23.7 Å². The zero-order valence-electron chi connectivity index (χ0n) is 13.9. The predicted molar refractivity (Wildman–Crippen MR) is 87.8 cm³/mol. The Balaban J connectivity index is 1.80. The molecule has 2 atom stereocenters. The second kappa shape index (κ2) is 6.33. The maximum Gasteiger partial charge on any atom is 0.243 e. The van der Waals surface area contributed by atoms with E-state index in [1.165, 1.54) is 11.1 Å². The average molecular weight is 312 g/mol. The van der Waals surface area contributed by atoms with Crippen LogP contribution in [0.15, 0.2) is 24.3 Å². The van der Waals surface area contributed by atoms with Gasteiger partial charge in [0.1, 0.15) is 5.41 Å². The first kappa shape index (κ1) is 16.0. The van der Waals surface area contributed by atoms with Gasteiger partial charge < -0.3 is 9.64 Å². The molecule has 0 aromatic heterocycles. The number of benzene rings is 1. The van der Waals surface area contributed by atoms with Crippen molar-refractivity contribution in [3.8, 4) is 6.07 Å². The van der Waals surface area contributed by atoms with Crippen LogP contribution < -0.4 is 0 Å². The van der Waals surface area contributed by atoms with Crippen molar-refractivity contribution >= 4 is 5.91 Å². The fraction of sp³-hybridized carbons (Fsp3) is 0.579. The summed E-state index contributed by atoms with van der Waals surface area (Å²) in [7, 11) is 0. The zero-order chi connectivity index (χ0) is 16.4. The van der Waals surface area contributed by atoms with E-state index < -0.39 is 5.41 Å². The largest absolute Gasteiger partial charge is 0.381 e. The van der Waals surface area contributed by atoms with Crippen LogP contribution >= 0.6 is 0 Å². The van der Waals surface area contributed by atoms with Crippen LogP contribution in [-0.4, -0.2) is 36.6 Å². The summed E-state index contributed by atoms with van der Waals surface area (Å²) in [6.07, 6.45) is 2.00. The van der Waals surface area contributed by atoms with Crippen molar-refractivity contribution in [2.45, 2.75) is 45.1 Å². The van der Waals surface area contributed by atoms with E-state index in [0.717, 1.165) is 13.0 Å². The number of rotatable bonds is 2. The van der Waals surface area contributed by atoms with Gasteiger partial charge in [-0.3, -0.25) is 4.79 Å². The summed E-state index contributed by atoms with van der Waals surface area (Å²) in [5, 5.41) is 9.63. The lowest BCUT2D eigenvalue weighted by Gasteiger charge is -2.34. The number of likely N-dealkylation sites (tertiary alicyclic amines) is 1. The van der Waals surface area contributed by atoms with Gasteiger partial charge in [0.15, 0.2) is 0 Å². The van der Waals surface area contributed by atoms with Crippen LogP contribution in [0.25, 0.3) is 0 Å². The molecule has 0 radical (unpaired) electrons. The number of ether oxygens (including phenoxy) is 1. The second-order valence-corrected chi connectivity index (χ2v) is 6.90. The first-order valence-electron chi connectivity index (χ1n) is 8.43. The number of carbonyl (C=O) groups is 1. The van der Waals surface area contributed by atoms with Crippen molar-refractivity contribution in [3.63, 3.8) is 0 Å². The summed E-state index contributed by atoms with van der Waals surface area (Å²) in [5.74, 6) is 0.373. The molecule has 2 aliphatic rings. The molecule has 3 rings (SSSR count). The van der Waals surface area contributed by atoms with Crippen LogP contribution in [0.4, 0.5) is 0 Å². The summed E-state index contributed by atoms with van der Waals surface area (Å²) in [6, 6.07) is 10.9. The van der Waals surface area contributed by atoms with E-state index >= 15 is 0 Å². The number of hydrogen-bond acceptors (Lipinski definition) is 3. The molecule has 1 aromatic rings. The van der Waals surface area contributed by atoms with E-state index in [2.05, 4.69) is 38.1 Å². The summed E-state index contributed by atoms with van der Waals surface area (Å²) in [6.45, 7) is 5.95. The summed E-state index contributed by atoms with van der Waals surface area (Å²) in [4.78, 5) is 15.0. The number of hydrogen-bond donors (Lipinski definition) is 0. The maximum absolute atomic E-state index is 13.1. The van der Waals surface area contributed by atoms with Crippen LogP contribution in [-0.2, 0) is 9.53 Å². The molecule has 0 N–H and O–H groups in total. The van der Waals surface area contributed by atoms with Gasteiger partial charge in [-0.2, -0.15) is 5.26 Å². The Labute approximate surface area is 138 Å². The Kier molecular flexibility index (Phi) is 4.41. The first-order chi connectivity index (χ1) is 11.1. The zero-order valence-corrected chi connectivity index (χ0v) is 13.9. The smallest absolute Gasteiger partial charge is 0.243 e. The predicted octanol–water partition coefficient (Wildman–Crippen LogP) is 3.02. The molecule has 2 aliphatic heterocycles. The highest BCUT2D eigenvalue weighted by atomic mass is 16.5. The molecular weight excluding hydrogens is 288 g/mol. The fourth-order valence-corrected chi connectivity index (χ4v) is 3.95. The Morgan fingerprint density at radius 1 is 1.35 bits per heavy atom. The van der Waals surface area contributed by atoms with Crippen molar-refractivity contribution in [2.75, 3.05) is 19.8 Å². The average Bonchev–Trinajstić information content (AvgIpc) is 2.96. The van der Waals surface area contributed by atoms with Crippen LogP contribution in [0.5, 0.6) is 0 Å². The minimum atomic E-state index is -0.882. The van der Waals surface area contributed by atoms with Crippen molar-refractivity contribution in [2.24, 2.45) is 5.41 Å². The molecule has 1 amide bonds. The van der Waals surface area contributed by atoms with E-state index in [1.807, 2.05) is 11.0 Å². The number of carbonyl (C=O) groups excluding carboxylic acids is 1. The SMILES string of the molecule is Cc1ccccc1C1CC(C)N(C(=O)C2(C#N)CCOCC2)C1. The van der Waals surface area contributed by atoms with Gasteiger partial charge in [0.25, 0.3) is 0 Å². The summed E-state index contributed by atoms with van der Waals surface area (Å²) < 4.78 is 5.35. The van der Waals surface area contributed by atoms with Gasteiger partial charge in [0.05, 0.1) is 6.07 Å². The van der Waals surface area contributed by atoms with Crippen LogP contribution in [0.2, 0.25) is 0 Å². The van der Waals surface area contributed by atoms with Crippen molar-refractivity contribution in [3.05, 3.63) is 35.4 Å². The lowest BCUT2D eigenvalue weighted by molar-refractivity contribution is -0.144. The summed E-state index contributed by atoms with van der Waals surface area (Å²) >= 11 is 0. The molecule has 2 saturated heterocycles. The number of aryl methyl sites for hydroxylation is 1. The second-order valence-electron chi connectivity index (χ2n) is 6.90. The summed E-state index contributed by atoms with van der Waals surface area (Å²) in [5.41, 5.74) is 1.72. The van der Waals surface area contributed by atoms with Crippen LogP contribution in [0.1, 0.15) is 43.2 Å². The third-order valence-electron chi connectivity index (χ3n) is 5.43. The van der Waals surface area contributed by atoms with E-state index in [0.29, 0.717) is 32.0 Å². The fourth-order valence-electron chi connectivity index (χ4n) is 3.95. The third kappa shape index (κ3) is 2.86. The highest BCUT2D eigenvalue weighted by molar-refractivity contribution is 5.86. The Hall–Kier alpha value is -1.86. The highest BCUT2D eigenvalue weighted by Crippen LogP contribution is 2.38. The molecule has 2 unspecified atom stereocenters. The van der Waals surface area contributed by atoms with Gasteiger partial charge >= 0.3 is 0 Å². The minimum Gasteiger partial charge on any atom is -0.381 e. The molecule has 0 bridgehead atoms. The lowest BCUT2D eigenvalue weighted by Crippen LogP contribution is -2.47. The van der Waals surface area contributed by atoms with E-state index in [9.17, 15) is 10.1 Å². The molecule has 0 aliphatic carbocycles. The molecule has 4 nitrogen and oxygen atoms in total. The third-order valence-corrected chi connectivity index (χ3v) is 5.43. The number of amides is 1. The number of nitrogens with zero attached hydrogens (tertiary/aromatic N) is 2. The molecule has 2 fully saturated rings.